The lowest BCUT2D eigenvalue weighted by molar-refractivity contribution is 0.0940. The van der Waals surface area contributed by atoms with Gasteiger partial charge < -0.3 is 9.84 Å². The van der Waals surface area contributed by atoms with E-state index < -0.39 is 27.6 Å². The van der Waals surface area contributed by atoms with E-state index in [9.17, 15) is 17.6 Å². The lowest BCUT2D eigenvalue weighted by Gasteiger charge is -2.11. The van der Waals surface area contributed by atoms with Crippen molar-refractivity contribution in [1.82, 2.24) is 10.5 Å². The van der Waals surface area contributed by atoms with Crippen LogP contribution in [0, 0.1) is 12.7 Å². The quantitative estimate of drug-likeness (QED) is 0.893. The van der Waals surface area contributed by atoms with Gasteiger partial charge in [0.05, 0.1) is 22.1 Å². The molecule has 0 saturated carbocycles. The van der Waals surface area contributed by atoms with Crippen LogP contribution in [0.5, 0.6) is 0 Å². The van der Waals surface area contributed by atoms with Crippen molar-refractivity contribution in [3.63, 3.8) is 0 Å². The zero-order valence-corrected chi connectivity index (χ0v) is 14.2. The number of sulfone groups is 1. The Labute approximate surface area is 142 Å². The molecule has 1 amide bonds. The highest BCUT2D eigenvalue weighted by Crippen LogP contribution is 2.33. The number of halogens is 2. The number of carbonyl (C=O) groups excluding carboxylic acids is 1. The van der Waals surface area contributed by atoms with Crippen molar-refractivity contribution in [2.45, 2.75) is 19.4 Å². The van der Waals surface area contributed by atoms with Crippen LogP contribution in [-0.2, 0) is 9.84 Å². The molecule has 0 aliphatic carbocycles. The van der Waals surface area contributed by atoms with Gasteiger partial charge in [-0.2, -0.15) is 0 Å². The molecular formula is C15H14ClFN2O4S. The van der Waals surface area contributed by atoms with Crippen molar-refractivity contribution in [1.29, 1.82) is 0 Å². The van der Waals surface area contributed by atoms with Crippen LogP contribution in [0.2, 0.25) is 5.02 Å². The number of aromatic nitrogens is 1. The fourth-order valence-electron chi connectivity index (χ4n) is 2.70. The van der Waals surface area contributed by atoms with Crippen molar-refractivity contribution in [2.75, 3.05) is 11.5 Å². The van der Waals surface area contributed by atoms with Gasteiger partial charge in [0.15, 0.2) is 9.84 Å². The number of amides is 1. The third-order valence-corrected chi connectivity index (χ3v) is 5.94. The van der Waals surface area contributed by atoms with Crippen LogP contribution in [0.1, 0.15) is 22.5 Å². The Hall–Kier alpha value is -1.93. The Morgan fingerprint density at radius 2 is 2.21 bits per heavy atom. The number of aryl methyl sites for hydroxylation is 1. The average molecular weight is 373 g/mol. The molecule has 128 valence electrons. The molecule has 1 aliphatic rings. The summed E-state index contributed by atoms with van der Waals surface area (Å²) in [5.74, 6) is -1.08. The summed E-state index contributed by atoms with van der Waals surface area (Å²) in [4.78, 5) is 12.5. The summed E-state index contributed by atoms with van der Waals surface area (Å²) in [7, 11) is -3.13. The van der Waals surface area contributed by atoms with Crippen molar-refractivity contribution >= 4 is 27.3 Å². The van der Waals surface area contributed by atoms with Crippen molar-refractivity contribution < 1.29 is 22.1 Å². The van der Waals surface area contributed by atoms with Gasteiger partial charge in [-0.3, -0.25) is 4.79 Å². The maximum atomic E-state index is 14.1. The Morgan fingerprint density at radius 1 is 1.46 bits per heavy atom. The number of benzene rings is 1. The molecule has 1 saturated heterocycles. The molecule has 1 aromatic carbocycles. The maximum absolute atomic E-state index is 14.1. The zero-order valence-electron chi connectivity index (χ0n) is 12.7. The first kappa shape index (κ1) is 16.9. The number of nitrogens with zero attached hydrogens (tertiary/aromatic N) is 1. The number of carbonyl (C=O) groups is 1. The third-order valence-electron chi connectivity index (χ3n) is 3.86. The van der Waals surface area contributed by atoms with E-state index in [-0.39, 0.29) is 39.1 Å². The van der Waals surface area contributed by atoms with Gasteiger partial charge >= 0.3 is 0 Å². The number of nitrogens with one attached hydrogen (secondary N) is 1. The molecule has 24 heavy (non-hydrogen) atoms. The first-order valence-corrected chi connectivity index (χ1v) is 9.40. The molecule has 3 rings (SSSR count). The topological polar surface area (TPSA) is 89.3 Å². The molecule has 2 heterocycles. The molecule has 9 heteroatoms. The molecule has 6 nitrogen and oxygen atoms in total. The monoisotopic (exact) mass is 372 g/mol. The second kappa shape index (κ2) is 6.18. The lowest BCUT2D eigenvalue weighted by Crippen LogP contribution is -2.36. The van der Waals surface area contributed by atoms with Crippen LogP contribution in [0.3, 0.4) is 0 Å². The normalized spacial score (nSPS) is 19.4. The molecule has 0 bridgehead atoms. The van der Waals surface area contributed by atoms with E-state index in [0.717, 1.165) is 0 Å². The molecule has 0 radical (unpaired) electrons. The third kappa shape index (κ3) is 3.16. The van der Waals surface area contributed by atoms with Crippen LogP contribution >= 0.6 is 11.6 Å². The second-order valence-electron chi connectivity index (χ2n) is 5.63. The van der Waals surface area contributed by atoms with Crippen LogP contribution in [0.4, 0.5) is 4.39 Å². The summed E-state index contributed by atoms with van der Waals surface area (Å²) < 4.78 is 42.2. The summed E-state index contributed by atoms with van der Waals surface area (Å²) >= 11 is 6.02. The van der Waals surface area contributed by atoms with Gasteiger partial charge in [-0.1, -0.05) is 22.8 Å². The Kier molecular flexibility index (Phi) is 4.35. The predicted octanol–water partition coefficient (Wildman–Crippen LogP) is 2.36. The number of rotatable bonds is 3. The lowest BCUT2D eigenvalue weighted by atomic mass is 10.0. The van der Waals surface area contributed by atoms with Crippen LogP contribution in [0.15, 0.2) is 22.7 Å². The number of hydrogen-bond donors (Lipinski definition) is 1. The molecule has 0 spiro atoms. The van der Waals surface area contributed by atoms with Gasteiger partial charge in [0, 0.05) is 6.04 Å². The van der Waals surface area contributed by atoms with E-state index in [1.54, 1.807) is 0 Å². The molecule has 1 N–H and O–H groups in total. The summed E-state index contributed by atoms with van der Waals surface area (Å²) in [5, 5.41) is 6.49. The largest absolute Gasteiger partial charge is 0.360 e. The Balaban J connectivity index is 1.95. The molecule has 2 aromatic rings. The highest BCUT2D eigenvalue weighted by Gasteiger charge is 2.32. The van der Waals surface area contributed by atoms with E-state index in [2.05, 4.69) is 10.5 Å². The van der Waals surface area contributed by atoms with Crippen molar-refractivity contribution in [2.24, 2.45) is 0 Å². The van der Waals surface area contributed by atoms with Crippen LogP contribution in [0.25, 0.3) is 11.3 Å². The van der Waals surface area contributed by atoms with Crippen LogP contribution < -0.4 is 5.32 Å². The summed E-state index contributed by atoms with van der Waals surface area (Å²) in [6.45, 7) is 1.52. The molecule has 1 unspecified atom stereocenters. The van der Waals surface area contributed by atoms with E-state index in [1.807, 2.05) is 0 Å². The zero-order chi connectivity index (χ0) is 17.5. The summed E-state index contributed by atoms with van der Waals surface area (Å²) in [5.41, 5.74) is 0.0143. The van der Waals surface area contributed by atoms with Gasteiger partial charge in [-0.05, 0) is 25.5 Å². The van der Waals surface area contributed by atoms with Crippen LogP contribution in [-0.4, -0.2) is 37.0 Å². The minimum absolute atomic E-state index is 0.00560. The molecule has 1 aromatic heterocycles. The molecule has 1 fully saturated rings. The minimum Gasteiger partial charge on any atom is -0.360 e. The minimum atomic E-state index is -3.13. The van der Waals surface area contributed by atoms with Gasteiger partial charge in [-0.15, -0.1) is 0 Å². The molecular weight excluding hydrogens is 359 g/mol. The second-order valence-corrected chi connectivity index (χ2v) is 8.27. The smallest absolute Gasteiger partial charge is 0.257 e. The highest BCUT2D eigenvalue weighted by molar-refractivity contribution is 7.91. The SMILES string of the molecule is Cc1onc(-c2c(F)cccc2Cl)c1C(=O)NC1CCS(=O)(=O)C1. The highest BCUT2D eigenvalue weighted by atomic mass is 35.5. The predicted molar refractivity (Wildman–Crippen MR) is 86.2 cm³/mol. The van der Waals surface area contributed by atoms with E-state index in [4.69, 9.17) is 16.1 Å². The van der Waals surface area contributed by atoms with Crippen molar-refractivity contribution in [3.05, 3.63) is 40.4 Å². The molecule has 1 atom stereocenters. The summed E-state index contributed by atoms with van der Waals surface area (Å²) in [6, 6.07) is 3.64. The average Bonchev–Trinajstić information content (AvgIpc) is 3.01. The van der Waals surface area contributed by atoms with Crippen molar-refractivity contribution in [3.8, 4) is 11.3 Å². The van der Waals surface area contributed by atoms with Gasteiger partial charge in [0.25, 0.3) is 5.91 Å². The maximum Gasteiger partial charge on any atom is 0.257 e. The fourth-order valence-corrected chi connectivity index (χ4v) is 4.63. The van der Waals surface area contributed by atoms with Gasteiger partial charge in [-0.25, -0.2) is 12.8 Å². The van der Waals surface area contributed by atoms with E-state index in [0.29, 0.717) is 6.42 Å². The molecule has 1 aliphatic heterocycles. The van der Waals surface area contributed by atoms with E-state index >= 15 is 0 Å². The van der Waals surface area contributed by atoms with E-state index in [1.165, 1.54) is 25.1 Å². The van der Waals surface area contributed by atoms with Gasteiger partial charge in [0.1, 0.15) is 22.8 Å². The Bertz CT molecular complexity index is 890. The Morgan fingerprint density at radius 3 is 2.83 bits per heavy atom. The number of hydrogen-bond acceptors (Lipinski definition) is 5. The summed E-state index contributed by atoms with van der Waals surface area (Å²) in [6.07, 6.45) is 0.341. The fraction of sp³-hybridized carbons (Fsp3) is 0.333. The first-order valence-electron chi connectivity index (χ1n) is 7.20. The standard InChI is InChI=1S/C15H14ClFN2O4S/c1-8-12(15(20)18-9-5-6-24(21,22)7-9)14(19-23-8)13-10(16)3-2-4-11(13)17/h2-4,9H,5-7H2,1H3,(H,18,20). The first-order chi connectivity index (χ1) is 11.3. The van der Waals surface area contributed by atoms with Gasteiger partial charge in [0.2, 0.25) is 0 Å².